The second-order valence-corrected chi connectivity index (χ2v) is 4.66. The second-order valence-electron chi connectivity index (χ2n) is 4.66. The van der Waals surface area contributed by atoms with Gasteiger partial charge in [-0.05, 0) is 19.9 Å². The molecule has 7 heteroatoms. The number of urea groups is 1. The Bertz CT molecular complexity index is 534. The molecule has 0 aliphatic carbocycles. The van der Waals surface area contributed by atoms with E-state index in [-0.39, 0.29) is 17.6 Å². The number of nitrogens with zero attached hydrogens (tertiary/aromatic N) is 1. The van der Waals surface area contributed by atoms with Crippen LogP contribution in [0, 0.1) is 5.41 Å². The summed E-state index contributed by atoms with van der Waals surface area (Å²) in [5, 5.41) is 10.3. The van der Waals surface area contributed by atoms with E-state index in [1.54, 1.807) is 32.0 Å². The first kappa shape index (κ1) is 14.2. The zero-order valence-electron chi connectivity index (χ0n) is 11.1. The maximum absolute atomic E-state index is 12.4. The minimum atomic E-state index is -2.96. The zero-order chi connectivity index (χ0) is 14.9. The fourth-order valence-corrected chi connectivity index (χ4v) is 2.25. The molecule has 2 rings (SSSR count). The highest BCUT2D eigenvalue weighted by Crippen LogP contribution is 2.34. The van der Waals surface area contributed by atoms with Crippen molar-refractivity contribution in [1.29, 1.82) is 5.41 Å². The van der Waals surface area contributed by atoms with Gasteiger partial charge in [0.25, 0.3) is 0 Å². The van der Waals surface area contributed by atoms with Gasteiger partial charge in [0.1, 0.15) is 17.6 Å². The molecule has 1 unspecified atom stereocenters. The van der Waals surface area contributed by atoms with Crippen molar-refractivity contribution in [2.75, 3.05) is 0 Å². The van der Waals surface area contributed by atoms with Gasteiger partial charge in [-0.2, -0.15) is 8.78 Å². The second kappa shape index (κ2) is 5.44. The maximum Gasteiger partial charge on any atom is 0.387 e. The molecule has 1 aliphatic rings. The highest BCUT2D eigenvalue weighted by atomic mass is 19.3. The number of carbonyl (C=O) groups excluding carboxylic acids is 1. The molecular formula is C13H15F2N3O2. The standard InChI is InChI=1S/C13H15F2N3O2/c1-7(2)18-10(11(16)17-13(18)19)8-5-3-4-6-9(8)20-12(14)15/h3-7,10,12H,1-2H3,(H2,16,17,19). The Morgan fingerprint density at radius 2 is 2.00 bits per heavy atom. The molecule has 1 atom stereocenters. The van der Waals surface area contributed by atoms with Crippen molar-refractivity contribution in [3.63, 3.8) is 0 Å². The highest BCUT2D eigenvalue weighted by Gasteiger charge is 2.39. The molecule has 20 heavy (non-hydrogen) atoms. The number of amides is 2. The van der Waals surface area contributed by atoms with Crippen LogP contribution in [0.1, 0.15) is 25.5 Å². The molecule has 1 heterocycles. The number of alkyl halides is 2. The average Bonchev–Trinajstić information content (AvgIpc) is 2.64. The van der Waals surface area contributed by atoms with Crippen molar-refractivity contribution >= 4 is 11.9 Å². The summed E-state index contributed by atoms with van der Waals surface area (Å²) in [6.07, 6.45) is 0. The number of para-hydroxylation sites is 1. The fraction of sp³-hybridized carbons (Fsp3) is 0.385. The van der Waals surface area contributed by atoms with E-state index < -0.39 is 18.7 Å². The number of hydrogen-bond donors (Lipinski definition) is 2. The average molecular weight is 283 g/mol. The Kier molecular flexibility index (Phi) is 3.87. The van der Waals surface area contributed by atoms with Crippen LogP contribution in [-0.2, 0) is 0 Å². The van der Waals surface area contributed by atoms with Gasteiger partial charge in [-0.3, -0.25) is 10.7 Å². The van der Waals surface area contributed by atoms with Crippen LogP contribution in [0.4, 0.5) is 13.6 Å². The van der Waals surface area contributed by atoms with Crippen LogP contribution in [0.2, 0.25) is 0 Å². The van der Waals surface area contributed by atoms with Crippen LogP contribution in [-0.4, -0.2) is 29.4 Å². The van der Waals surface area contributed by atoms with E-state index in [0.29, 0.717) is 5.56 Å². The SMILES string of the molecule is CC(C)N1C(=O)NC(=N)C1c1ccccc1OC(F)F. The number of hydrogen-bond acceptors (Lipinski definition) is 3. The van der Waals surface area contributed by atoms with E-state index in [1.165, 1.54) is 11.0 Å². The molecule has 0 aromatic heterocycles. The highest BCUT2D eigenvalue weighted by molar-refractivity contribution is 6.06. The number of ether oxygens (including phenoxy) is 1. The normalized spacial score (nSPS) is 18.9. The van der Waals surface area contributed by atoms with Gasteiger partial charge in [0.15, 0.2) is 0 Å². The fourth-order valence-electron chi connectivity index (χ4n) is 2.25. The molecule has 1 aromatic carbocycles. The van der Waals surface area contributed by atoms with Gasteiger partial charge in [-0.15, -0.1) is 0 Å². The van der Waals surface area contributed by atoms with E-state index in [4.69, 9.17) is 5.41 Å². The minimum absolute atomic E-state index is 0.0283. The van der Waals surface area contributed by atoms with Crippen LogP contribution in [0.15, 0.2) is 24.3 Å². The van der Waals surface area contributed by atoms with E-state index in [1.807, 2.05) is 0 Å². The van der Waals surface area contributed by atoms with Crippen molar-refractivity contribution in [2.45, 2.75) is 32.5 Å². The molecule has 2 N–H and O–H groups in total. The largest absolute Gasteiger partial charge is 0.434 e. The predicted molar refractivity (Wildman–Crippen MR) is 69.0 cm³/mol. The van der Waals surface area contributed by atoms with Crippen LogP contribution < -0.4 is 10.1 Å². The van der Waals surface area contributed by atoms with Crippen molar-refractivity contribution in [2.24, 2.45) is 0 Å². The van der Waals surface area contributed by atoms with Crippen molar-refractivity contribution < 1.29 is 18.3 Å². The van der Waals surface area contributed by atoms with Crippen molar-refractivity contribution in [1.82, 2.24) is 10.2 Å². The third kappa shape index (κ3) is 2.56. The Morgan fingerprint density at radius 3 is 2.60 bits per heavy atom. The number of amidine groups is 1. The molecule has 1 aromatic rings. The van der Waals surface area contributed by atoms with E-state index in [2.05, 4.69) is 10.1 Å². The van der Waals surface area contributed by atoms with Crippen LogP contribution in [0.25, 0.3) is 0 Å². The minimum Gasteiger partial charge on any atom is -0.434 e. The van der Waals surface area contributed by atoms with Crippen LogP contribution in [0.3, 0.4) is 0 Å². The van der Waals surface area contributed by atoms with Crippen LogP contribution in [0.5, 0.6) is 5.75 Å². The number of nitrogens with one attached hydrogen (secondary N) is 2. The molecule has 0 bridgehead atoms. The molecule has 1 aliphatic heterocycles. The molecule has 0 radical (unpaired) electrons. The first-order valence-corrected chi connectivity index (χ1v) is 6.13. The summed E-state index contributed by atoms with van der Waals surface area (Å²) < 4.78 is 29.4. The van der Waals surface area contributed by atoms with E-state index >= 15 is 0 Å². The van der Waals surface area contributed by atoms with Crippen molar-refractivity contribution in [3.8, 4) is 5.75 Å². The third-order valence-corrected chi connectivity index (χ3v) is 3.01. The topological polar surface area (TPSA) is 65.4 Å². The molecular weight excluding hydrogens is 268 g/mol. The Hall–Kier alpha value is -2.18. The molecule has 108 valence electrons. The predicted octanol–water partition coefficient (Wildman–Crippen LogP) is 2.74. The third-order valence-electron chi connectivity index (χ3n) is 3.01. The van der Waals surface area contributed by atoms with Gasteiger partial charge in [-0.1, -0.05) is 18.2 Å². The molecule has 5 nitrogen and oxygen atoms in total. The lowest BCUT2D eigenvalue weighted by molar-refractivity contribution is -0.0507. The summed E-state index contributed by atoms with van der Waals surface area (Å²) in [5.41, 5.74) is 0.366. The summed E-state index contributed by atoms with van der Waals surface area (Å²) in [6.45, 7) is 0.631. The molecule has 0 spiro atoms. The Morgan fingerprint density at radius 1 is 1.35 bits per heavy atom. The summed E-state index contributed by atoms with van der Waals surface area (Å²) >= 11 is 0. The maximum atomic E-state index is 12.4. The smallest absolute Gasteiger partial charge is 0.387 e. The van der Waals surface area contributed by atoms with Crippen LogP contribution >= 0.6 is 0 Å². The lowest BCUT2D eigenvalue weighted by Gasteiger charge is -2.27. The Labute approximate surface area is 115 Å². The van der Waals surface area contributed by atoms with Gasteiger partial charge < -0.3 is 9.64 Å². The molecule has 2 amide bonds. The summed E-state index contributed by atoms with van der Waals surface area (Å²) in [6, 6.07) is 4.86. The number of benzene rings is 1. The number of halogens is 2. The molecule has 1 saturated heterocycles. The lowest BCUT2D eigenvalue weighted by atomic mass is 10.0. The summed E-state index contributed by atoms with van der Waals surface area (Å²) in [7, 11) is 0. The quantitative estimate of drug-likeness (QED) is 0.892. The number of rotatable bonds is 4. The van der Waals surface area contributed by atoms with Gasteiger partial charge in [0, 0.05) is 11.6 Å². The summed E-state index contributed by atoms with van der Waals surface area (Å²) in [5.74, 6) is -0.0755. The Balaban J connectivity index is 2.43. The van der Waals surface area contributed by atoms with E-state index in [0.717, 1.165) is 0 Å². The van der Waals surface area contributed by atoms with E-state index in [9.17, 15) is 13.6 Å². The van der Waals surface area contributed by atoms with Gasteiger partial charge >= 0.3 is 12.6 Å². The van der Waals surface area contributed by atoms with Gasteiger partial charge in [0.2, 0.25) is 0 Å². The lowest BCUT2D eigenvalue weighted by Crippen LogP contribution is -2.36. The molecule has 0 saturated carbocycles. The first-order valence-electron chi connectivity index (χ1n) is 6.13. The first-order chi connectivity index (χ1) is 9.41. The summed E-state index contributed by atoms with van der Waals surface area (Å²) in [4.78, 5) is 13.3. The monoisotopic (exact) mass is 283 g/mol. The van der Waals surface area contributed by atoms with Gasteiger partial charge in [-0.25, -0.2) is 4.79 Å². The number of carbonyl (C=O) groups is 1. The molecule has 1 fully saturated rings. The zero-order valence-corrected chi connectivity index (χ0v) is 11.1. The van der Waals surface area contributed by atoms with Gasteiger partial charge in [0.05, 0.1) is 0 Å². The van der Waals surface area contributed by atoms with Crippen molar-refractivity contribution in [3.05, 3.63) is 29.8 Å².